The van der Waals surface area contributed by atoms with Gasteiger partial charge in [0.15, 0.2) is 0 Å². The number of amides is 2. The molecule has 0 spiro atoms. The van der Waals surface area contributed by atoms with E-state index in [4.69, 9.17) is 0 Å². The highest BCUT2D eigenvalue weighted by Crippen LogP contribution is 2.12. The first-order valence-corrected chi connectivity index (χ1v) is 5.47. The molecule has 0 radical (unpaired) electrons. The summed E-state index contributed by atoms with van der Waals surface area (Å²) in [6, 6.07) is 0.0750. The summed E-state index contributed by atoms with van der Waals surface area (Å²) in [7, 11) is 1.76. The second-order valence-electron chi connectivity index (χ2n) is 4.48. The monoisotopic (exact) mass is 226 g/mol. The largest absolute Gasteiger partial charge is 0.350 e. The van der Waals surface area contributed by atoms with Crippen LogP contribution in [0.25, 0.3) is 0 Å². The number of nitrogens with one attached hydrogen (secondary N) is 1. The smallest absolute Gasteiger partial charge is 0.242 e. The van der Waals surface area contributed by atoms with E-state index in [-0.39, 0.29) is 18.5 Å². The Morgan fingerprint density at radius 1 is 1.38 bits per heavy atom. The van der Waals surface area contributed by atoms with Crippen LogP contribution in [-0.4, -0.2) is 36.9 Å². The minimum atomic E-state index is -0.0803. The standard InChI is InChI=1S/C12H22N2O2/c1-9(2)6-11(10(3)4)14(5)12(16)7-13-8-15/h6,8,10-11H,7H2,1-5H3,(H,13,15)/t11-/m1/s1. The highest BCUT2D eigenvalue weighted by atomic mass is 16.2. The third-order valence-corrected chi connectivity index (χ3v) is 2.36. The number of carbonyl (C=O) groups is 2. The minimum Gasteiger partial charge on any atom is -0.350 e. The Bertz CT molecular complexity index is 268. The fraction of sp³-hybridized carbons (Fsp3) is 0.667. The zero-order valence-electron chi connectivity index (χ0n) is 10.8. The van der Waals surface area contributed by atoms with Crippen LogP contribution in [-0.2, 0) is 9.59 Å². The highest BCUT2D eigenvalue weighted by Gasteiger charge is 2.20. The van der Waals surface area contributed by atoms with Crippen molar-refractivity contribution in [2.75, 3.05) is 13.6 Å². The number of allylic oxidation sites excluding steroid dienone is 1. The summed E-state index contributed by atoms with van der Waals surface area (Å²) in [6.45, 7) is 8.22. The van der Waals surface area contributed by atoms with Crippen molar-refractivity contribution in [1.29, 1.82) is 0 Å². The van der Waals surface area contributed by atoms with Crippen LogP contribution in [0.2, 0.25) is 0 Å². The molecule has 0 aliphatic carbocycles. The lowest BCUT2D eigenvalue weighted by molar-refractivity contribution is -0.131. The van der Waals surface area contributed by atoms with E-state index in [1.165, 1.54) is 5.57 Å². The van der Waals surface area contributed by atoms with Gasteiger partial charge in [-0.05, 0) is 19.8 Å². The number of rotatable bonds is 6. The second-order valence-corrected chi connectivity index (χ2v) is 4.48. The van der Waals surface area contributed by atoms with E-state index in [9.17, 15) is 9.59 Å². The molecular formula is C12H22N2O2. The Labute approximate surface area is 97.7 Å². The van der Waals surface area contributed by atoms with Gasteiger partial charge in [-0.3, -0.25) is 9.59 Å². The van der Waals surface area contributed by atoms with Crippen molar-refractivity contribution in [1.82, 2.24) is 10.2 Å². The molecule has 1 atom stereocenters. The molecule has 92 valence electrons. The Hall–Kier alpha value is -1.32. The maximum absolute atomic E-state index is 11.7. The normalized spacial score (nSPS) is 11.9. The Balaban J connectivity index is 4.61. The van der Waals surface area contributed by atoms with E-state index in [0.717, 1.165) is 0 Å². The molecule has 0 unspecified atom stereocenters. The molecule has 0 saturated carbocycles. The molecule has 0 fully saturated rings. The van der Waals surface area contributed by atoms with E-state index >= 15 is 0 Å². The molecular weight excluding hydrogens is 204 g/mol. The van der Waals surface area contributed by atoms with Gasteiger partial charge < -0.3 is 10.2 Å². The summed E-state index contributed by atoms with van der Waals surface area (Å²) in [5.41, 5.74) is 1.18. The fourth-order valence-corrected chi connectivity index (χ4v) is 1.51. The van der Waals surface area contributed by atoms with E-state index in [0.29, 0.717) is 12.3 Å². The minimum absolute atomic E-state index is 0.0554. The van der Waals surface area contributed by atoms with Crippen LogP contribution in [0, 0.1) is 5.92 Å². The number of likely N-dealkylation sites (N-methyl/N-ethyl adjacent to an activating group) is 1. The summed E-state index contributed by atoms with van der Waals surface area (Å²) >= 11 is 0. The van der Waals surface area contributed by atoms with Crippen molar-refractivity contribution < 1.29 is 9.59 Å². The summed E-state index contributed by atoms with van der Waals surface area (Å²) in [5.74, 6) is 0.267. The number of hydrogen-bond donors (Lipinski definition) is 1. The van der Waals surface area contributed by atoms with Crippen LogP contribution < -0.4 is 5.32 Å². The lowest BCUT2D eigenvalue weighted by atomic mass is 10.0. The Kier molecular flexibility index (Phi) is 6.46. The predicted molar refractivity (Wildman–Crippen MR) is 64.9 cm³/mol. The predicted octanol–water partition coefficient (Wildman–Crippen LogP) is 1.18. The number of carbonyl (C=O) groups excluding carboxylic acids is 2. The van der Waals surface area contributed by atoms with Gasteiger partial charge in [0.2, 0.25) is 12.3 Å². The second kappa shape index (κ2) is 7.04. The third kappa shape index (κ3) is 4.96. The third-order valence-electron chi connectivity index (χ3n) is 2.36. The van der Waals surface area contributed by atoms with Crippen molar-refractivity contribution in [2.24, 2.45) is 5.92 Å². The molecule has 0 aliphatic heterocycles. The average Bonchev–Trinajstić information content (AvgIpc) is 2.20. The van der Waals surface area contributed by atoms with Gasteiger partial charge >= 0.3 is 0 Å². The molecule has 0 aromatic heterocycles. The van der Waals surface area contributed by atoms with E-state index in [2.05, 4.69) is 25.2 Å². The molecule has 0 heterocycles. The van der Waals surface area contributed by atoms with E-state index < -0.39 is 0 Å². The zero-order valence-corrected chi connectivity index (χ0v) is 10.8. The fourth-order valence-electron chi connectivity index (χ4n) is 1.51. The van der Waals surface area contributed by atoms with Gasteiger partial charge in [-0.2, -0.15) is 0 Å². The van der Waals surface area contributed by atoms with Crippen LogP contribution in [0.4, 0.5) is 0 Å². The molecule has 16 heavy (non-hydrogen) atoms. The average molecular weight is 226 g/mol. The Morgan fingerprint density at radius 3 is 2.31 bits per heavy atom. The van der Waals surface area contributed by atoms with Gasteiger partial charge in [-0.25, -0.2) is 0 Å². The molecule has 4 heteroatoms. The van der Waals surface area contributed by atoms with Gasteiger partial charge in [0, 0.05) is 7.05 Å². The van der Waals surface area contributed by atoms with Crippen LogP contribution in [0.5, 0.6) is 0 Å². The van der Waals surface area contributed by atoms with Crippen molar-refractivity contribution in [3.05, 3.63) is 11.6 Å². The maximum atomic E-state index is 11.7. The SMILES string of the molecule is CC(C)=C[C@H](C(C)C)N(C)C(=O)CNC=O. The maximum Gasteiger partial charge on any atom is 0.242 e. The van der Waals surface area contributed by atoms with E-state index in [1.807, 2.05) is 13.8 Å². The number of nitrogens with zero attached hydrogens (tertiary/aromatic N) is 1. The van der Waals surface area contributed by atoms with Crippen LogP contribution in [0.3, 0.4) is 0 Å². The lowest BCUT2D eigenvalue weighted by Crippen LogP contribution is -2.43. The zero-order chi connectivity index (χ0) is 12.7. The van der Waals surface area contributed by atoms with E-state index in [1.54, 1.807) is 11.9 Å². The first-order valence-electron chi connectivity index (χ1n) is 5.47. The molecule has 2 amide bonds. The van der Waals surface area contributed by atoms with Crippen LogP contribution in [0.1, 0.15) is 27.7 Å². The van der Waals surface area contributed by atoms with Crippen molar-refractivity contribution >= 4 is 12.3 Å². The molecule has 0 rings (SSSR count). The van der Waals surface area contributed by atoms with Crippen molar-refractivity contribution in [3.63, 3.8) is 0 Å². The lowest BCUT2D eigenvalue weighted by Gasteiger charge is -2.29. The summed E-state index contributed by atoms with van der Waals surface area (Å²) in [5, 5.41) is 2.38. The topological polar surface area (TPSA) is 49.4 Å². The first kappa shape index (κ1) is 14.7. The highest BCUT2D eigenvalue weighted by molar-refractivity contribution is 5.80. The molecule has 0 aliphatic rings. The molecule has 0 aromatic carbocycles. The van der Waals surface area contributed by atoms with Gasteiger partial charge in [0.25, 0.3) is 0 Å². The van der Waals surface area contributed by atoms with Crippen molar-refractivity contribution in [2.45, 2.75) is 33.7 Å². The van der Waals surface area contributed by atoms with Gasteiger partial charge in [0.05, 0.1) is 12.6 Å². The quantitative estimate of drug-likeness (QED) is 0.546. The summed E-state index contributed by atoms with van der Waals surface area (Å²) in [4.78, 5) is 23.5. The number of hydrogen-bond acceptors (Lipinski definition) is 2. The molecule has 0 saturated heterocycles. The van der Waals surface area contributed by atoms with Crippen LogP contribution >= 0.6 is 0 Å². The van der Waals surface area contributed by atoms with Gasteiger partial charge in [-0.1, -0.05) is 25.5 Å². The molecule has 1 N–H and O–H groups in total. The first-order chi connectivity index (χ1) is 7.40. The molecule has 0 aromatic rings. The van der Waals surface area contributed by atoms with Gasteiger partial charge in [-0.15, -0.1) is 0 Å². The van der Waals surface area contributed by atoms with Crippen molar-refractivity contribution in [3.8, 4) is 0 Å². The summed E-state index contributed by atoms with van der Waals surface area (Å²) in [6.07, 6.45) is 2.61. The molecule has 4 nitrogen and oxygen atoms in total. The van der Waals surface area contributed by atoms with Gasteiger partial charge in [0.1, 0.15) is 0 Å². The summed E-state index contributed by atoms with van der Waals surface area (Å²) < 4.78 is 0. The molecule has 0 bridgehead atoms. The Morgan fingerprint density at radius 2 is 1.94 bits per heavy atom. The van der Waals surface area contributed by atoms with Crippen LogP contribution in [0.15, 0.2) is 11.6 Å².